The van der Waals surface area contributed by atoms with Gasteiger partial charge >= 0.3 is 0 Å². The van der Waals surface area contributed by atoms with Gasteiger partial charge in [-0.15, -0.1) is 0 Å². The Morgan fingerprint density at radius 1 is 1.10 bits per heavy atom. The molecule has 1 saturated carbocycles. The predicted molar refractivity (Wildman–Crippen MR) is 122 cm³/mol. The van der Waals surface area contributed by atoms with Crippen LogP contribution in [0.25, 0.3) is 16.6 Å². The molecule has 0 atom stereocenters. The quantitative estimate of drug-likeness (QED) is 0.487. The molecular weight excluding hydrogens is 394 g/mol. The Balaban J connectivity index is 1.61. The normalized spacial score (nSPS) is 19.0. The van der Waals surface area contributed by atoms with E-state index >= 15 is 0 Å². The van der Waals surface area contributed by atoms with Gasteiger partial charge in [0, 0.05) is 6.04 Å². The van der Waals surface area contributed by atoms with Crippen LogP contribution in [0.1, 0.15) is 38.2 Å². The molecule has 30 heavy (non-hydrogen) atoms. The van der Waals surface area contributed by atoms with Crippen LogP contribution in [-0.4, -0.2) is 27.3 Å². The van der Waals surface area contributed by atoms with E-state index in [2.05, 4.69) is 12.2 Å². The third-order valence-corrected chi connectivity index (χ3v) is 6.75. The summed E-state index contributed by atoms with van der Waals surface area (Å²) >= 11 is 1.32. The molecule has 1 N–H and O–H groups in total. The number of para-hydroxylation sites is 2. The van der Waals surface area contributed by atoms with Crippen LogP contribution in [0.3, 0.4) is 0 Å². The van der Waals surface area contributed by atoms with Gasteiger partial charge in [-0.25, -0.2) is 4.98 Å². The van der Waals surface area contributed by atoms with Crippen molar-refractivity contribution in [1.82, 2.24) is 14.9 Å². The number of nitrogens with one attached hydrogen (secondary N) is 1. The molecule has 156 valence electrons. The highest BCUT2D eigenvalue weighted by Gasteiger charge is 2.21. The third kappa shape index (κ3) is 4.43. The van der Waals surface area contributed by atoms with E-state index in [0.717, 1.165) is 42.9 Å². The van der Waals surface area contributed by atoms with Crippen LogP contribution in [-0.2, 0) is 4.79 Å². The van der Waals surface area contributed by atoms with E-state index in [4.69, 9.17) is 4.98 Å². The van der Waals surface area contributed by atoms with E-state index in [0.29, 0.717) is 16.1 Å². The number of rotatable bonds is 5. The van der Waals surface area contributed by atoms with Crippen LogP contribution >= 0.6 is 11.8 Å². The monoisotopic (exact) mass is 421 g/mol. The van der Waals surface area contributed by atoms with Crippen molar-refractivity contribution in [3.05, 3.63) is 64.4 Å². The molecule has 1 aliphatic carbocycles. The first-order valence-electron chi connectivity index (χ1n) is 10.5. The first-order chi connectivity index (χ1) is 14.5. The van der Waals surface area contributed by atoms with Crippen LogP contribution in [0.15, 0.2) is 58.5 Å². The van der Waals surface area contributed by atoms with Crippen LogP contribution in [0.4, 0.5) is 0 Å². The fourth-order valence-electron chi connectivity index (χ4n) is 4.04. The summed E-state index contributed by atoms with van der Waals surface area (Å²) in [6.07, 6.45) is 4.41. The largest absolute Gasteiger partial charge is 0.353 e. The molecule has 6 heteroatoms. The zero-order chi connectivity index (χ0) is 21.1. The maximum Gasteiger partial charge on any atom is 0.266 e. The number of amides is 1. The van der Waals surface area contributed by atoms with Crippen molar-refractivity contribution in [2.24, 2.45) is 5.92 Å². The van der Waals surface area contributed by atoms with Crippen LogP contribution in [0.2, 0.25) is 0 Å². The Hall–Kier alpha value is -2.60. The third-order valence-electron chi connectivity index (χ3n) is 5.81. The van der Waals surface area contributed by atoms with Crippen molar-refractivity contribution in [3.63, 3.8) is 0 Å². The van der Waals surface area contributed by atoms with Crippen molar-refractivity contribution in [2.45, 2.75) is 50.7 Å². The van der Waals surface area contributed by atoms with Crippen molar-refractivity contribution in [2.75, 3.05) is 5.75 Å². The number of aryl methyl sites for hydroxylation is 1. The number of aromatic nitrogens is 2. The fourth-order valence-corrected chi connectivity index (χ4v) is 4.86. The second kappa shape index (κ2) is 9.04. The average Bonchev–Trinajstić information content (AvgIpc) is 2.75. The first kappa shape index (κ1) is 20.7. The lowest BCUT2D eigenvalue weighted by Gasteiger charge is -2.26. The maximum atomic E-state index is 13.3. The molecule has 1 heterocycles. The molecule has 0 radical (unpaired) electrons. The molecule has 1 aromatic heterocycles. The molecule has 0 aliphatic heterocycles. The molecule has 0 bridgehead atoms. The lowest BCUT2D eigenvalue weighted by molar-refractivity contribution is -0.119. The number of nitrogens with zero attached hydrogens (tertiary/aromatic N) is 2. The zero-order valence-electron chi connectivity index (χ0n) is 17.4. The Morgan fingerprint density at radius 3 is 2.57 bits per heavy atom. The van der Waals surface area contributed by atoms with Gasteiger partial charge in [-0.2, -0.15) is 0 Å². The second-order valence-electron chi connectivity index (χ2n) is 8.15. The summed E-state index contributed by atoms with van der Waals surface area (Å²) in [5.41, 5.74) is 2.32. The van der Waals surface area contributed by atoms with E-state index in [9.17, 15) is 9.59 Å². The van der Waals surface area contributed by atoms with Gasteiger partial charge in [0.25, 0.3) is 5.56 Å². The van der Waals surface area contributed by atoms with Gasteiger partial charge in [0.05, 0.1) is 22.3 Å². The fraction of sp³-hybridized carbons (Fsp3) is 0.375. The van der Waals surface area contributed by atoms with E-state index in [-0.39, 0.29) is 23.3 Å². The average molecular weight is 422 g/mol. The van der Waals surface area contributed by atoms with Gasteiger partial charge in [-0.05, 0) is 62.3 Å². The SMILES string of the molecule is Cc1ccccc1-n1c(SCC(=O)NC2CCC(C)CC2)nc2ccccc2c1=O. The molecule has 3 aromatic rings. The molecule has 1 amide bonds. The molecule has 2 aromatic carbocycles. The standard InChI is InChI=1S/C24H27N3O2S/c1-16-11-13-18(14-12-16)25-22(28)15-30-24-26-20-9-5-4-8-19(20)23(29)27(24)21-10-6-3-7-17(21)2/h3-10,16,18H,11-15H2,1-2H3,(H,25,28). The summed E-state index contributed by atoms with van der Waals surface area (Å²) in [6.45, 7) is 4.24. The number of fused-ring (bicyclic) bond motifs is 1. The highest BCUT2D eigenvalue weighted by atomic mass is 32.2. The van der Waals surface area contributed by atoms with Gasteiger partial charge < -0.3 is 5.32 Å². The van der Waals surface area contributed by atoms with Gasteiger partial charge in [0.2, 0.25) is 5.91 Å². The van der Waals surface area contributed by atoms with Crippen molar-refractivity contribution >= 4 is 28.6 Å². The van der Waals surface area contributed by atoms with Gasteiger partial charge in [-0.3, -0.25) is 14.2 Å². The molecular formula is C24H27N3O2S. The number of benzene rings is 2. The summed E-state index contributed by atoms with van der Waals surface area (Å²) in [5.74, 6) is 0.985. The molecule has 5 nitrogen and oxygen atoms in total. The van der Waals surface area contributed by atoms with Crippen LogP contribution in [0.5, 0.6) is 0 Å². The Bertz CT molecular complexity index is 1120. The highest BCUT2D eigenvalue weighted by molar-refractivity contribution is 7.99. The maximum absolute atomic E-state index is 13.3. The summed E-state index contributed by atoms with van der Waals surface area (Å²) < 4.78 is 1.64. The first-order valence-corrected chi connectivity index (χ1v) is 11.5. The number of carbonyl (C=O) groups excluding carboxylic acids is 1. The van der Waals surface area contributed by atoms with Gasteiger partial charge in [0.1, 0.15) is 0 Å². The summed E-state index contributed by atoms with van der Waals surface area (Å²) in [7, 11) is 0. The van der Waals surface area contributed by atoms with Crippen molar-refractivity contribution in [3.8, 4) is 5.69 Å². The minimum atomic E-state index is -0.112. The van der Waals surface area contributed by atoms with E-state index in [1.165, 1.54) is 11.8 Å². The summed E-state index contributed by atoms with van der Waals surface area (Å²) in [6, 6.07) is 15.4. The van der Waals surface area contributed by atoms with Crippen LogP contribution in [0, 0.1) is 12.8 Å². The lowest BCUT2D eigenvalue weighted by Crippen LogP contribution is -2.38. The second-order valence-corrected chi connectivity index (χ2v) is 9.09. The Kier molecular flexibility index (Phi) is 6.23. The number of hydrogen-bond acceptors (Lipinski definition) is 4. The summed E-state index contributed by atoms with van der Waals surface area (Å²) in [5, 5.41) is 4.27. The van der Waals surface area contributed by atoms with E-state index in [1.807, 2.05) is 49.4 Å². The number of carbonyl (C=O) groups is 1. The van der Waals surface area contributed by atoms with Crippen LogP contribution < -0.4 is 10.9 Å². The van der Waals surface area contributed by atoms with Gasteiger partial charge in [-0.1, -0.05) is 49.0 Å². The molecule has 0 saturated heterocycles. The predicted octanol–water partition coefficient (Wildman–Crippen LogP) is 4.48. The Labute approximate surface area is 180 Å². The zero-order valence-corrected chi connectivity index (χ0v) is 18.2. The van der Waals surface area contributed by atoms with Crippen molar-refractivity contribution in [1.29, 1.82) is 0 Å². The lowest BCUT2D eigenvalue weighted by atomic mass is 9.87. The molecule has 1 aliphatic rings. The topological polar surface area (TPSA) is 64.0 Å². The molecule has 0 unspecified atom stereocenters. The smallest absolute Gasteiger partial charge is 0.266 e. The molecule has 0 spiro atoms. The van der Waals surface area contributed by atoms with Crippen molar-refractivity contribution < 1.29 is 4.79 Å². The number of thioether (sulfide) groups is 1. The van der Waals surface area contributed by atoms with E-state index < -0.39 is 0 Å². The Morgan fingerprint density at radius 2 is 1.80 bits per heavy atom. The summed E-state index contributed by atoms with van der Waals surface area (Å²) in [4.78, 5) is 30.6. The highest BCUT2D eigenvalue weighted by Crippen LogP contribution is 2.25. The van der Waals surface area contributed by atoms with Gasteiger partial charge in [0.15, 0.2) is 5.16 Å². The van der Waals surface area contributed by atoms with E-state index in [1.54, 1.807) is 10.6 Å². The minimum absolute atomic E-state index is 0.00158. The number of hydrogen-bond donors (Lipinski definition) is 1. The minimum Gasteiger partial charge on any atom is -0.353 e. The molecule has 1 fully saturated rings. The molecule has 4 rings (SSSR count).